The molecule has 3 heterocycles. The second-order valence-electron chi connectivity index (χ2n) is 6.10. The molecular weight excluding hydrogens is 359 g/mol. The van der Waals surface area contributed by atoms with Crippen LogP contribution in [-0.2, 0) is 11.3 Å². The molecular formula is C18H16ClFN4O2. The highest BCUT2D eigenvalue weighted by molar-refractivity contribution is 6.29. The van der Waals surface area contributed by atoms with Gasteiger partial charge in [-0.05, 0) is 30.3 Å². The molecule has 1 aliphatic heterocycles. The minimum Gasteiger partial charge on any atom is -0.379 e. The Morgan fingerprint density at radius 3 is 2.69 bits per heavy atom. The summed E-state index contributed by atoms with van der Waals surface area (Å²) in [5.41, 5.74) is 2.14. The van der Waals surface area contributed by atoms with Gasteiger partial charge in [0.05, 0.1) is 19.4 Å². The summed E-state index contributed by atoms with van der Waals surface area (Å²) in [5.74, 6) is -0.682. The van der Waals surface area contributed by atoms with Gasteiger partial charge in [-0.25, -0.2) is 13.9 Å². The lowest BCUT2D eigenvalue weighted by molar-refractivity contribution is 0.0343. The molecule has 0 bridgehead atoms. The van der Waals surface area contributed by atoms with Gasteiger partial charge in [-0.3, -0.25) is 9.69 Å². The fraction of sp³-hybridized carbons (Fsp3) is 0.278. The van der Waals surface area contributed by atoms with Crippen LogP contribution in [-0.4, -0.2) is 51.6 Å². The first kappa shape index (κ1) is 17.1. The number of nitrogens with zero attached hydrogens (tertiary/aromatic N) is 4. The van der Waals surface area contributed by atoms with Crippen LogP contribution in [0.5, 0.6) is 0 Å². The van der Waals surface area contributed by atoms with Crippen LogP contribution < -0.4 is 0 Å². The van der Waals surface area contributed by atoms with Crippen molar-refractivity contribution in [2.24, 2.45) is 0 Å². The molecule has 0 saturated carbocycles. The van der Waals surface area contributed by atoms with Gasteiger partial charge in [-0.2, -0.15) is 5.10 Å². The second kappa shape index (κ2) is 7.11. The Kier molecular flexibility index (Phi) is 4.67. The summed E-state index contributed by atoms with van der Waals surface area (Å²) >= 11 is 6.18. The number of morpholine rings is 1. The molecule has 6 nitrogen and oxygen atoms in total. The first-order valence-electron chi connectivity index (χ1n) is 8.25. The number of ketones is 1. The van der Waals surface area contributed by atoms with Crippen molar-refractivity contribution in [1.82, 2.24) is 19.5 Å². The van der Waals surface area contributed by atoms with Crippen molar-refractivity contribution in [1.29, 1.82) is 0 Å². The Morgan fingerprint density at radius 2 is 1.96 bits per heavy atom. The molecule has 2 aromatic heterocycles. The molecule has 0 aliphatic carbocycles. The quantitative estimate of drug-likeness (QED) is 0.657. The van der Waals surface area contributed by atoms with Crippen LogP contribution in [0.3, 0.4) is 0 Å². The number of ether oxygens (including phenoxy) is 1. The van der Waals surface area contributed by atoms with Crippen LogP contribution in [0.2, 0.25) is 5.15 Å². The van der Waals surface area contributed by atoms with Crippen LogP contribution in [0, 0.1) is 5.82 Å². The zero-order valence-electron chi connectivity index (χ0n) is 13.9. The van der Waals surface area contributed by atoms with Gasteiger partial charge in [0, 0.05) is 30.8 Å². The van der Waals surface area contributed by atoms with Crippen LogP contribution in [0.4, 0.5) is 4.39 Å². The smallest absolute Gasteiger partial charge is 0.213 e. The van der Waals surface area contributed by atoms with Crippen LogP contribution in [0.1, 0.15) is 21.6 Å². The average molecular weight is 375 g/mol. The lowest BCUT2D eigenvalue weighted by Crippen LogP contribution is -2.35. The van der Waals surface area contributed by atoms with Gasteiger partial charge in [0.2, 0.25) is 5.78 Å². The van der Waals surface area contributed by atoms with Gasteiger partial charge < -0.3 is 4.74 Å². The number of imidazole rings is 1. The first-order chi connectivity index (χ1) is 12.6. The number of aromatic nitrogens is 3. The SMILES string of the molecule is O=C(c1ccc(F)cc1)c1cnc2c(CN3CCOCC3)cc(Cl)nn12. The van der Waals surface area contributed by atoms with Gasteiger partial charge in [-0.15, -0.1) is 0 Å². The molecule has 0 amide bonds. The highest BCUT2D eigenvalue weighted by atomic mass is 35.5. The number of benzene rings is 1. The third kappa shape index (κ3) is 3.33. The largest absolute Gasteiger partial charge is 0.379 e. The number of fused-ring (bicyclic) bond motifs is 1. The Bertz CT molecular complexity index is 952. The van der Waals surface area contributed by atoms with E-state index in [0.717, 1.165) is 18.7 Å². The summed E-state index contributed by atoms with van der Waals surface area (Å²) in [5, 5.41) is 4.52. The highest BCUT2D eigenvalue weighted by Gasteiger charge is 2.20. The number of carbonyl (C=O) groups is 1. The molecule has 1 aromatic carbocycles. The standard InChI is InChI=1S/C18H16ClFN4O2/c19-16-9-13(11-23-5-7-26-8-6-23)18-21-10-15(24(18)22-16)17(25)12-1-3-14(20)4-2-12/h1-4,9-10H,5-8,11H2. The van der Waals surface area contributed by atoms with Gasteiger partial charge >= 0.3 is 0 Å². The van der Waals surface area contributed by atoms with E-state index < -0.39 is 5.82 Å². The molecule has 0 atom stereocenters. The molecule has 26 heavy (non-hydrogen) atoms. The number of hydrogen-bond acceptors (Lipinski definition) is 5. The summed E-state index contributed by atoms with van der Waals surface area (Å²) in [4.78, 5) is 19.4. The molecule has 0 N–H and O–H groups in total. The van der Waals surface area contributed by atoms with Crippen molar-refractivity contribution in [2.45, 2.75) is 6.54 Å². The van der Waals surface area contributed by atoms with Crippen LogP contribution in [0.15, 0.2) is 36.5 Å². The Hall–Kier alpha value is -2.35. The molecule has 1 aliphatic rings. The molecule has 3 aromatic rings. The molecule has 134 valence electrons. The summed E-state index contributed by atoms with van der Waals surface area (Å²) < 4.78 is 19.9. The van der Waals surface area contributed by atoms with Crippen molar-refractivity contribution in [3.8, 4) is 0 Å². The van der Waals surface area contributed by atoms with E-state index in [9.17, 15) is 9.18 Å². The minimum absolute atomic E-state index is 0.284. The Balaban J connectivity index is 1.71. The summed E-state index contributed by atoms with van der Waals surface area (Å²) in [7, 11) is 0. The molecule has 8 heteroatoms. The van der Waals surface area contributed by atoms with E-state index in [0.29, 0.717) is 31.0 Å². The monoisotopic (exact) mass is 374 g/mol. The third-order valence-electron chi connectivity index (χ3n) is 4.35. The predicted molar refractivity (Wildman–Crippen MR) is 93.9 cm³/mol. The van der Waals surface area contributed by atoms with Crippen LogP contribution in [0.25, 0.3) is 5.65 Å². The lowest BCUT2D eigenvalue weighted by Gasteiger charge is -2.26. The molecule has 0 unspecified atom stereocenters. The number of rotatable bonds is 4. The fourth-order valence-electron chi connectivity index (χ4n) is 3.02. The van der Waals surface area contributed by atoms with Gasteiger partial charge in [-0.1, -0.05) is 11.6 Å². The van der Waals surface area contributed by atoms with E-state index in [-0.39, 0.29) is 16.6 Å². The Morgan fingerprint density at radius 1 is 1.23 bits per heavy atom. The first-order valence-corrected chi connectivity index (χ1v) is 8.63. The topological polar surface area (TPSA) is 59.7 Å². The van der Waals surface area contributed by atoms with Gasteiger partial charge in [0.1, 0.15) is 11.5 Å². The molecule has 1 fully saturated rings. The zero-order valence-corrected chi connectivity index (χ0v) is 14.6. The lowest BCUT2D eigenvalue weighted by atomic mass is 10.1. The molecule has 4 rings (SSSR count). The number of hydrogen-bond donors (Lipinski definition) is 0. The van der Waals surface area contributed by atoms with Crippen molar-refractivity contribution in [2.75, 3.05) is 26.3 Å². The predicted octanol–water partition coefficient (Wildman–Crippen LogP) is 2.59. The number of halogens is 2. The maximum absolute atomic E-state index is 13.1. The molecule has 0 spiro atoms. The fourth-order valence-corrected chi connectivity index (χ4v) is 3.23. The Labute approximate surface area is 154 Å². The van der Waals surface area contributed by atoms with Crippen molar-refractivity contribution in [3.63, 3.8) is 0 Å². The van der Waals surface area contributed by atoms with Gasteiger partial charge in [0.15, 0.2) is 10.8 Å². The molecule has 1 saturated heterocycles. The van der Waals surface area contributed by atoms with E-state index in [1.54, 1.807) is 6.07 Å². The summed E-state index contributed by atoms with van der Waals surface area (Å²) in [6.45, 7) is 3.69. The van der Waals surface area contributed by atoms with Crippen molar-refractivity contribution in [3.05, 3.63) is 64.3 Å². The van der Waals surface area contributed by atoms with Crippen molar-refractivity contribution < 1.29 is 13.9 Å². The summed E-state index contributed by atoms with van der Waals surface area (Å²) in [6, 6.07) is 7.15. The van der Waals surface area contributed by atoms with E-state index >= 15 is 0 Å². The van der Waals surface area contributed by atoms with E-state index in [1.807, 2.05) is 0 Å². The second-order valence-corrected chi connectivity index (χ2v) is 6.48. The average Bonchev–Trinajstić information content (AvgIpc) is 3.06. The summed E-state index contributed by atoms with van der Waals surface area (Å²) in [6.07, 6.45) is 1.48. The normalized spacial score (nSPS) is 15.5. The van der Waals surface area contributed by atoms with E-state index in [1.165, 1.54) is 35.0 Å². The van der Waals surface area contributed by atoms with Crippen molar-refractivity contribution >= 4 is 23.0 Å². The minimum atomic E-state index is -0.395. The maximum Gasteiger partial charge on any atom is 0.213 e. The van der Waals surface area contributed by atoms with E-state index in [4.69, 9.17) is 16.3 Å². The molecule has 0 radical (unpaired) electrons. The highest BCUT2D eigenvalue weighted by Crippen LogP contribution is 2.20. The number of carbonyl (C=O) groups excluding carboxylic acids is 1. The van der Waals surface area contributed by atoms with E-state index in [2.05, 4.69) is 15.0 Å². The third-order valence-corrected chi connectivity index (χ3v) is 4.54. The maximum atomic E-state index is 13.1. The zero-order chi connectivity index (χ0) is 18.1. The van der Waals surface area contributed by atoms with Crippen LogP contribution >= 0.6 is 11.6 Å². The van der Waals surface area contributed by atoms with Gasteiger partial charge in [0.25, 0.3) is 0 Å².